The Morgan fingerprint density at radius 1 is 1.22 bits per heavy atom. The van der Waals surface area contributed by atoms with Gasteiger partial charge in [0.25, 0.3) is 5.91 Å². The highest BCUT2D eigenvalue weighted by molar-refractivity contribution is 7.99. The number of hydrogen-bond donors (Lipinski definition) is 1. The topological polar surface area (TPSA) is 72.2 Å². The van der Waals surface area contributed by atoms with Gasteiger partial charge in [0.2, 0.25) is 0 Å². The molecule has 1 aromatic carbocycles. The van der Waals surface area contributed by atoms with Gasteiger partial charge in [-0.1, -0.05) is 11.8 Å². The number of aromatic nitrogens is 3. The molecular weight excluding hydrogens is 365 g/mol. The number of halogens is 1. The van der Waals surface area contributed by atoms with Crippen LogP contribution >= 0.6 is 11.8 Å². The maximum atomic E-state index is 13.1. The number of amides is 1. The molecule has 2 aromatic heterocycles. The Labute approximate surface area is 160 Å². The van der Waals surface area contributed by atoms with Crippen molar-refractivity contribution < 1.29 is 9.18 Å². The molecule has 0 spiro atoms. The third-order valence-corrected chi connectivity index (χ3v) is 4.41. The van der Waals surface area contributed by atoms with E-state index >= 15 is 0 Å². The zero-order valence-corrected chi connectivity index (χ0v) is 15.7. The Balaban J connectivity index is 1.57. The van der Waals surface area contributed by atoms with Gasteiger partial charge in [-0.05, 0) is 56.3 Å². The number of nitrogens with one attached hydrogen (secondary N) is 1. The highest BCUT2D eigenvalue weighted by Gasteiger charge is 2.06. The van der Waals surface area contributed by atoms with Gasteiger partial charge in [-0.3, -0.25) is 4.79 Å². The van der Waals surface area contributed by atoms with Crippen molar-refractivity contribution in [2.75, 3.05) is 5.75 Å². The van der Waals surface area contributed by atoms with Gasteiger partial charge in [-0.25, -0.2) is 19.8 Å². The van der Waals surface area contributed by atoms with Crippen LogP contribution in [0.15, 0.2) is 58.9 Å². The summed E-state index contributed by atoms with van der Waals surface area (Å²) < 4.78 is 14.9. The molecule has 1 amide bonds. The predicted molar refractivity (Wildman–Crippen MR) is 104 cm³/mol. The maximum Gasteiger partial charge on any atom is 0.250 e. The molecule has 0 atom stereocenters. The summed E-state index contributed by atoms with van der Waals surface area (Å²) >= 11 is 1.26. The molecule has 0 bridgehead atoms. The molecule has 0 aliphatic heterocycles. The Kier molecular flexibility index (Phi) is 5.97. The van der Waals surface area contributed by atoms with E-state index in [2.05, 4.69) is 20.5 Å². The van der Waals surface area contributed by atoms with Crippen LogP contribution in [-0.4, -0.2) is 32.4 Å². The zero-order chi connectivity index (χ0) is 19.2. The summed E-state index contributed by atoms with van der Waals surface area (Å²) in [5, 5.41) is 4.56. The first-order valence-corrected chi connectivity index (χ1v) is 9.20. The first-order chi connectivity index (χ1) is 13.0. The molecule has 3 aromatic rings. The Bertz CT molecular complexity index is 948. The van der Waals surface area contributed by atoms with E-state index in [4.69, 9.17) is 0 Å². The van der Waals surface area contributed by atoms with Crippen LogP contribution in [0, 0.1) is 19.7 Å². The van der Waals surface area contributed by atoms with E-state index in [1.165, 1.54) is 23.9 Å². The first-order valence-electron chi connectivity index (χ1n) is 8.21. The molecule has 0 unspecified atom stereocenters. The SMILES string of the molecule is Cc1cc(C)nc(SCC(=O)N/N=C/c2cccn2-c2ccc(F)cc2)n1. The molecule has 27 heavy (non-hydrogen) atoms. The maximum absolute atomic E-state index is 13.1. The highest BCUT2D eigenvalue weighted by Crippen LogP contribution is 2.14. The normalized spacial score (nSPS) is 11.1. The Morgan fingerprint density at radius 3 is 2.63 bits per heavy atom. The van der Waals surface area contributed by atoms with E-state index in [9.17, 15) is 9.18 Å². The number of carbonyl (C=O) groups is 1. The summed E-state index contributed by atoms with van der Waals surface area (Å²) in [6.45, 7) is 3.78. The van der Waals surface area contributed by atoms with Crippen LogP contribution in [0.2, 0.25) is 0 Å². The smallest absolute Gasteiger partial charge is 0.250 e. The quantitative estimate of drug-likeness (QED) is 0.307. The van der Waals surface area contributed by atoms with Crippen LogP contribution < -0.4 is 5.43 Å². The van der Waals surface area contributed by atoms with Gasteiger partial charge in [-0.15, -0.1) is 0 Å². The van der Waals surface area contributed by atoms with Crippen molar-refractivity contribution >= 4 is 23.9 Å². The predicted octanol–water partition coefficient (Wildman–Crippen LogP) is 3.27. The van der Waals surface area contributed by atoms with Crippen molar-refractivity contribution in [1.29, 1.82) is 0 Å². The van der Waals surface area contributed by atoms with E-state index in [-0.39, 0.29) is 17.5 Å². The van der Waals surface area contributed by atoms with Crippen molar-refractivity contribution in [3.8, 4) is 5.69 Å². The molecule has 1 N–H and O–H groups in total. The summed E-state index contributed by atoms with van der Waals surface area (Å²) in [6, 6.07) is 11.7. The number of thioether (sulfide) groups is 1. The van der Waals surface area contributed by atoms with Crippen LogP contribution in [-0.2, 0) is 4.79 Å². The van der Waals surface area contributed by atoms with Crippen molar-refractivity contribution in [2.24, 2.45) is 5.10 Å². The number of nitrogens with zero attached hydrogens (tertiary/aromatic N) is 4. The third-order valence-electron chi connectivity index (χ3n) is 3.57. The van der Waals surface area contributed by atoms with Gasteiger partial charge in [0.1, 0.15) is 5.82 Å². The molecule has 6 nitrogen and oxygen atoms in total. The summed E-state index contributed by atoms with van der Waals surface area (Å²) in [6.07, 6.45) is 3.38. The van der Waals surface area contributed by atoms with Gasteiger partial charge in [0, 0.05) is 23.3 Å². The number of benzene rings is 1. The largest absolute Gasteiger partial charge is 0.316 e. The summed E-state index contributed by atoms with van der Waals surface area (Å²) in [5.41, 5.74) is 5.78. The van der Waals surface area contributed by atoms with Crippen molar-refractivity contribution in [1.82, 2.24) is 20.0 Å². The first kappa shape index (κ1) is 18.8. The number of carbonyl (C=O) groups excluding carboxylic acids is 1. The molecule has 0 saturated carbocycles. The average Bonchev–Trinajstić information content (AvgIpc) is 3.08. The van der Waals surface area contributed by atoms with Crippen LogP contribution in [0.3, 0.4) is 0 Å². The molecular formula is C19H18FN5OS. The third kappa shape index (κ3) is 5.24. The fourth-order valence-electron chi connectivity index (χ4n) is 2.43. The molecule has 3 rings (SSSR count). The van der Waals surface area contributed by atoms with E-state index < -0.39 is 0 Å². The Hall–Kier alpha value is -3.00. The molecule has 138 valence electrons. The fourth-order valence-corrected chi connectivity index (χ4v) is 3.17. The molecule has 0 aliphatic carbocycles. The molecule has 2 heterocycles. The van der Waals surface area contributed by atoms with Gasteiger partial charge >= 0.3 is 0 Å². The monoisotopic (exact) mass is 383 g/mol. The van der Waals surface area contributed by atoms with Crippen molar-refractivity contribution in [3.05, 3.63) is 71.6 Å². The molecule has 0 aliphatic rings. The number of hydrazone groups is 1. The lowest BCUT2D eigenvalue weighted by Crippen LogP contribution is -2.20. The summed E-state index contributed by atoms with van der Waals surface area (Å²) in [5.74, 6) is -0.378. The van der Waals surface area contributed by atoms with Crippen LogP contribution in [0.5, 0.6) is 0 Å². The minimum absolute atomic E-state index is 0.166. The van der Waals surface area contributed by atoms with Crippen molar-refractivity contribution in [3.63, 3.8) is 0 Å². The lowest BCUT2D eigenvalue weighted by atomic mass is 10.3. The van der Waals surface area contributed by atoms with Gasteiger partial charge in [0.05, 0.1) is 17.7 Å². The number of rotatable bonds is 6. The molecule has 0 fully saturated rings. The van der Waals surface area contributed by atoms with Gasteiger partial charge in [-0.2, -0.15) is 5.10 Å². The average molecular weight is 383 g/mol. The number of hydrogen-bond acceptors (Lipinski definition) is 5. The second kappa shape index (κ2) is 8.59. The van der Waals surface area contributed by atoms with Gasteiger partial charge in [0.15, 0.2) is 5.16 Å². The van der Waals surface area contributed by atoms with E-state index in [1.54, 1.807) is 18.3 Å². The second-order valence-corrected chi connectivity index (χ2v) is 6.74. The van der Waals surface area contributed by atoms with Crippen LogP contribution in [0.1, 0.15) is 17.1 Å². The summed E-state index contributed by atoms with van der Waals surface area (Å²) in [7, 11) is 0. The molecule has 0 radical (unpaired) electrons. The Morgan fingerprint density at radius 2 is 1.93 bits per heavy atom. The number of aryl methyl sites for hydroxylation is 2. The lowest BCUT2D eigenvalue weighted by molar-refractivity contribution is -0.118. The van der Waals surface area contributed by atoms with E-state index in [0.717, 1.165) is 22.8 Å². The van der Waals surface area contributed by atoms with E-state index in [0.29, 0.717) is 5.16 Å². The zero-order valence-electron chi connectivity index (χ0n) is 14.9. The molecule has 8 heteroatoms. The standard InChI is InChI=1S/C19H18FN5OS/c1-13-10-14(2)23-19(22-13)27-12-18(26)24-21-11-17-4-3-9-25(17)16-7-5-15(20)6-8-16/h3-11H,12H2,1-2H3,(H,24,26)/b21-11+. The van der Waals surface area contributed by atoms with Gasteiger partial charge < -0.3 is 4.57 Å². The molecule has 0 saturated heterocycles. The van der Waals surface area contributed by atoms with Crippen molar-refractivity contribution in [2.45, 2.75) is 19.0 Å². The lowest BCUT2D eigenvalue weighted by Gasteiger charge is -2.06. The highest BCUT2D eigenvalue weighted by atomic mass is 32.2. The van der Waals surface area contributed by atoms with E-state index in [1.807, 2.05) is 42.8 Å². The summed E-state index contributed by atoms with van der Waals surface area (Å²) in [4.78, 5) is 20.5. The fraction of sp³-hybridized carbons (Fsp3) is 0.158. The van der Waals surface area contributed by atoms with Crippen LogP contribution in [0.4, 0.5) is 4.39 Å². The minimum Gasteiger partial charge on any atom is -0.316 e. The minimum atomic E-state index is -0.293. The van der Waals surface area contributed by atoms with Crippen LogP contribution in [0.25, 0.3) is 5.69 Å². The second-order valence-electron chi connectivity index (χ2n) is 5.79.